The summed E-state index contributed by atoms with van der Waals surface area (Å²) in [5, 5.41) is 9.84. The number of hydrogen-bond acceptors (Lipinski definition) is 4. The molecule has 0 saturated heterocycles. The molecule has 2 aromatic carbocycles. The molecule has 32 heavy (non-hydrogen) atoms. The summed E-state index contributed by atoms with van der Waals surface area (Å²) >= 11 is 0. The second kappa shape index (κ2) is 7.48. The van der Waals surface area contributed by atoms with Gasteiger partial charge < -0.3 is 5.11 Å². The number of aromatic hydroxyl groups is 1. The largest absolute Gasteiger partial charge is 0.508 e. The summed E-state index contributed by atoms with van der Waals surface area (Å²) in [7, 11) is -3.71. The maximum atomic E-state index is 13.4. The molecule has 1 saturated carbocycles. The first kappa shape index (κ1) is 20.8. The fourth-order valence-corrected chi connectivity index (χ4v) is 5.75. The average Bonchev–Trinajstić information content (AvgIpc) is 3.51. The fourth-order valence-electron chi connectivity index (χ4n) is 4.38. The van der Waals surface area contributed by atoms with Gasteiger partial charge in [-0.15, -0.1) is 0 Å². The van der Waals surface area contributed by atoms with E-state index in [1.165, 1.54) is 3.97 Å². The van der Waals surface area contributed by atoms with Gasteiger partial charge in [0.05, 0.1) is 15.9 Å². The lowest BCUT2D eigenvalue weighted by atomic mass is 9.98. The Bertz CT molecular complexity index is 1420. The minimum absolute atomic E-state index is 0.265. The molecule has 5 nitrogen and oxygen atoms in total. The molecule has 0 spiro atoms. The van der Waals surface area contributed by atoms with Gasteiger partial charge in [-0.25, -0.2) is 12.4 Å². The minimum Gasteiger partial charge on any atom is -0.508 e. The normalized spacial score (nSPS) is 14.2. The van der Waals surface area contributed by atoms with Crippen LogP contribution in [0.4, 0.5) is 0 Å². The Morgan fingerprint density at radius 1 is 1.00 bits per heavy atom. The Morgan fingerprint density at radius 3 is 2.28 bits per heavy atom. The first-order chi connectivity index (χ1) is 15.2. The van der Waals surface area contributed by atoms with Crippen LogP contribution in [0.1, 0.15) is 52.3 Å². The van der Waals surface area contributed by atoms with Crippen molar-refractivity contribution in [3.8, 4) is 5.75 Å². The highest BCUT2D eigenvalue weighted by atomic mass is 32.2. The second-order valence-corrected chi connectivity index (χ2v) is 10.7. The molecule has 0 aliphatic heterocycles. The van der Waals surface area contributed by atoms with E-state index in [-0.39, 0.29) is 10.6 Å². The predicted octanol–water partition coefficient (Wildman–Crippen LogP) is 5.37. The zero-order valence-corrected chi connectivity index (χ0v) is 19.3. The highest BCUT2D eigenvalue weighted by molar-refractivity contribution is 7.90. The molecule has 1 aliphatic rings. The molecule has 6 heteroatoms. The highest BCUT2D eigenvalue weighted by Gasteiger charge is 2.31. The van der Waals surface area contributed by atoms with Gasteiger partial charge in [0.2, 0.25) is 0 Å². The van der Waals surface area contributed by atoms with Gasteiger partial charge in [-0.05, 0) is 92.6 Å². The van der Waals surface area contributed by atoms with Gasteiger partial charge in [0, 0.05) is 23.9 Å². The molecular formula is C26H26N2O3S. The summed E-state index contributed by atoms with van der Waals surface area (Å²) in [6.45, 7) is 5.91. The van der Waals surface area contributed by atoms with Crippen molar-refractivity contribution in [1.29, 1.82) is 0 Å². The van der Waals surface area contributed by atoms with Crippen LogP contribution in [0.5, 0.6) is 5.75 Å². The summed E-state index contributed by atoms with van der Waals surface area (Å²) in [5.41, 5.74) is 7.49. The van der Waals surface area contributed by atoms with Crippen molar-refractivity contribution in [2.24, 2.45) is 0 Å². The smallest absolute Gasteiger partial charge is 0.268 e. The van der Waals surface area contributed by atoms with Crippen LogP contribution in [0, 0.1) is 20.8 Å². The molecule has 0 atom stereocenters. The van der Waals surface area contributed by atoms with Gasteiger partial charge in [0.1, 0.15) is 5.75 Å². The van der Waals surface area contributed by atoms with Crippen LogP contribution in [0.2, 0.25) is 0 Å². The fraction of sp³-hybridized carbons (Fsp3) is 0.269. The number of phenolic OH excluding ortho intramolecular Hbond substituents is 1. The van der Waals surface area contributed by atoms with Crippen molar-refractivity contribution in [2.75, 3.05) is 0 Å². The Kier molecular flexibility index (Phi) is 4.86. The minimum atomic E-state index is -3.71. The van der Waals surface area contributed by atoms with Gasteiger partial charge in [-0.2, -0.15) is 0 Å². The van der Waals surface area contributed by atoms with Gasteiger partial charge >= 0.3 is 0 Å². The van der Waals surface area contributed by atoms with E-state index < -0.39 is 10.0 Å². The number of pyridine rings is 1. The van der Waals surface area contributed by atoms with Crippen LogP contribution in [0.3, 0.4) is 0 Å². The molecule has 164 valence electrons. The van der Waals surface area contributed by atoms with Crippen molar-refractivity contribution in [2.45, 2.75) is 50.8 Å². The number of rotatable bonds is 5. The lowest BCUT2D eigenvalue weighted by molar-refractivity contribution is 0.474. The van der Waals surface area contributed by atoms with Crippen molar-refractivity contribution in [1.82, 2.24) is 8.96 Å². The quantitative estimate of drug-likeness (QED) is 0.447. The number of hydrogen-bond donors (Lipinski definition) is 1. The first-order valence-corrected chi connectivity index (χ1v) is 12.3. The van der Waals surface area contributed by atoms with E-state index in [1.807, 2.05) is 45.0 Å². The van der Waals surface area contributed by atoms with Crippen molar-refractivity contribution in [3.05, 3.63) is 88.2 Å². The molecule has 1 N–H and O–H groups in total. The van der Waals surface area contributed by atoms with Crippen LogP contribution in [-0.4, -0.2) is 22.5 Å². The first-order valence-electron chi connectivity index (χ1n) is 10.9. The van der Waals surface area contributed by atoms with E-state index in [9.17, 15) is 13.5 Å². The molecule has 1 fully saturated rings. The number of nitrogens with zero attached hydrogens (tertiary/aromatic N) is 2. The van der Waals surface area contributed by atoms with Crippen LogP contribution in [0.25, 0.3) is 11.0 Å². The molecule has 5 rings (SSSR count). The SMILES string of the molecule is Cc1ccc(S(=O)(=O)n2cc(C3CC3)c3nc(Cc4c(C)cc(O)cc4C)ccc32)cc1. The van der Waals surface area contributed by atoms with Gasteiger partial charge in [0.25, 0.3) is 10.0 Å². The Hall–Kier alpha value is -3.12. The maximum absolute atomic E-state index is 13.4. The third-order valence-electron chi connectivity index (χ3n) is 6.33. The molecular weight excluding hydrogens is 420 g/mol. The molecule has 0 amide bonds. The van der Waals surface area contributed by atoms with Crippen LogP contribution < -0.4 is 0 Å². The van der Waals surface area contributed by atoms with Crippen LogP contribution >= 0.6 is 0 Å². The zero-order chi connectivity index (χ0) is 22.6. The summed E-state index contributed by atoms with van der Waals surface area (Å²) in [4.78, 5) is 5.21. The second-order valence-electron chi connectivity index (χ2n) is 8.88. The number of aryl methyl sites for hydroxylation is 3. The third kappa shape index (κ3) is 3.58. The molecule has 0 radical (unpaired) electrons. The summed E-state index contributed by atoms with van der Waals surface area (Å²) in [6, 6.07) is 14.3. The molecule has 4 aromatic rings. The van der Waals surface area contributed by atoms with E-state index in [2.05, 4.69) is 0 Å². The molecule has 2 aromatic heterocycles. The maximum Gasteiger partial charge on any atom is 0.268 e. The topological polar surface area (TPSA) is 72.2 Å². The number of benzene rings is 2. The van der Waals surface area contributed by atoms with Gasteiger partial charge in [-0.1, -0.05) is 17.7 Å². The van der Waals surface area contributed by atoms with Gasteiger partial charge in [-0.3, -0.25) is 4.98 Å². The lowest BCUT2D eigenvalue weighted by Crippen LogP contribution is -2.12. The van der Waals surface area contributed by atoms with Crippen molar-refractivity contribution >= 4 is 21.1 Å². The molecule has 2 heterocycles. The zero-order valence-electron chi connectivity index (χ0n) is 18.5. The van der Waals surface area contributed by atoms with E-state index in [0.717, 1.165) is 51.9 Å². The Balaban J connectivity index is 1.62. The number of aromatic nitrogens is 2. The van der Waals surface area contributed by atoms with Gasteiger partial charge in [0.15, 0.2) is 0 Å². The number of phenols is 1. The summed E-state index contributed by atoms with van der Waals surface area (Å²) in [6.07, 6.45) is 4.52. The lowest BCUT2D eigenvalue weighted by Gasteiger charge is -2.11. The summed E-state index contributed by atoms with van der Waals surface area (Å²) in [5.74, 6) is 0.633. The highest BCUT2D eigenvalue weighted by Crippen LogP contribution is 2.44. The number of fused-ring (bicyclic) bond motifs is 1. The summed E-state index contributed by atoms with van der Waals surface area (Å²) < 4.78 is 28.2. The monoisotopic (exact) mass is 446 g/mol. The van der Waals surface area contributed by atoms with E-state index in [0.29, 0.717) is 17.9 Å². The van der Waals surface area contributed by atoms with Crippen molar-refractivity contribution in [3.63, 3.8) is 0 Å². The average molecular weight is 447 g/mol. The molecule has 1 aliphatic carbocycles. The molecule has 0 bridgehead atoms. The Morgan fingerprint density at radius 2 is 1.66 bits per heavy atom. The van der Waals surface area contributed by atoms with Crippen molar-refractivity contribution < 1.29 is 13.5 Å². The third-order valence-corrected chi connectivity index (χ3v) is 8.02. The van der Waals surface area contributed by atoms with Crippen LogP contribution in [0.15, 0.2) is 59.6 Å². The predicted molar refractivity (Wildman–Crippen MR) is 126 cm³/mol. The van der Waals surface area contributed by atoms with E-state index >= 15 is 0 Å². The van der Waals surface area contributed by atoms with E-state index in [1.54, 1.807) is 30.5 Å². The van der Waals surface area contributed by atoms with Crippen LogP contribution in [-0.2, 0) is 16.4 Å². The molecule has 0 unspecified atom stereocenters. The standard InChI is InChI=1S/C26H26N2O3S/c1-16-4-9-22(10-5-16)32(30,31)28-15-24(19-6-7-19)26-25(28)11-8-20(27-26)14-23-17(2)12-21(29)13-18(23)3/h4-5,8-13,15,19,29H,6-7,14H2,1-3H3. The van der Waals surface area contributed by atoms with E-state index in [4.69, 9.17) is 4.98 Å². The Labute approximate surface area is 188 Å².